The summed E-state index contributed by atoms with van der Waals surface area (Å²) in [6.45, 7) is 2.80. The number of hydrogen-bond acceptors (Lipinski definition) is 3. The summed E-state index contributed by atoms with van der Waals surface area (Å²) in [4.78, 5) is 11.0. The summed E-state index contributed by atoms with van der Waals surface area (Å²) in [5.41, 5.74) is 1.45. The van der Waals surface area contributed by atoms with Gasteiger partial charge in [0.15, 0.2) is 0 Å². The minimum Gasteiger partial charge on any atom is -0.490 e. The fourth-order valence-electron chi connectivity index (χ4n) is 2.12. The largest absolute Gasteiger partial charge is 0.490 e. The molecule has 2 aromatic rings. The molecule has 1 N–H and O–H groups in total. The lowest BCUT2D eigenvalue weighted by molar-refractivity contribution is 0.0691. The third-order valence-corrected chi connectivity index (χ3v) is 3.19. The quantitative estimate of drug-likeness (QED) is 0.753. The second-order valence-electron chi connectivity index (χ2n) is 4.89. The Labute approximate surface area is 130 Å². The molecule has 0 aromatic heterocycles. The third kappa shape index (κ3) is 4.52. The molecule has 2 aromatic carbocycles. The number of carboxylic acids is 1. The molecule has 0 saturated carbocycles. The first-order valence-electron chi connectivity index (χ1n) is 7.37. The number of benzene rings is 2. The van der Waals surface area contributed by atoms with E-state index in [0.29, 0.717) is 19.0 Å². The molecule has 0 amide bonds. The molecule has 4 nitrogen and oxygen atoms in total. The van der Waals surface area contributed by atoms with E-state index in [0.717, 1.165) is 18.6 Å². The first-order valence-corrected chi connectivity index (χ1v) is 7.37. The van der Waals surface area contributed by atoms with E-state index in [9.17, 15) is 4.79 Å². The number of aryl methyl sites for hydroxylation is 1. The second-order valence-corrected chi connectivity index (χ2v) is 4.89. The Morgan fingerprint density at radius 2 is 1.68 bits per heavy atom. The molecular formula is C18H20O4. The zero-order chi connectivity index (χ0) is 15.8. The van der Waals surface area contributed by atoms with Gasteiger partial charge < -0.3 is 14.6 Å². The highest BCUT2D eigenvalue weighted by atomic mass is 16.5. The van der Waals surface area contributed by atoms with Crippen LogP contribution in [-0.2, 0) is 6.42 Å². The van der Waals surface area contributed by atoms with Gasteiger partial charge in [-0.1, -0.05) is 37.6 Å². The summed E-state index contributed by atoms with van der Waals surface area (Å²) in [6.07, 6.45) is 2.19. The van der Waals surface area contributed by atoms with Crippen LogP contribution in [0, 0.1) is 0 Å². The molecule has 116 valence electrons. The topological polar surface area (TPSA) is 55.8 Å². The molecule has 0 unspecified atom stereocenters. The lowest BCUT2D eigenvalue weighted by atomic mass is 10.1. The van der Waals surface area contributed by atoms with E-state index in [2.05, 4.69) is 19.1 Å². The van der Waals surface area contributed by atoms with Gasteiger partial charge in [0, 0.05) is 0 Å². The molecule has 0 saturated heterocycles. The average molecular weight is 300 g/mol. The van der Waals surface area contributed by atoms with Gasteiger partial charge in [-0.05, 0) is 36.2 Å². The first-order chi connectivity index (χ1) is 10.7. The van der Waals surface area contributed by atoms with Gasteiger partial charge >= 0.3 is 5.97 Å². The van der Waals surface area contributed by atoms with E-state index in [1.807, 2.05) is 12.1 Å². The van der Waals surface area contributed by atoms with Crippen LogP contribution in [-0.4, -0.2) is 24.3 Å². The molecule has 4 heteroatoms. The van der Waals surface area contributed by atoms with Crippen molar-refractivity contribution >= 4 is 5.97 Å². The molecule has 0 aliphatic rings. The van der Waals surface area contributed by atoms with Gasteiger partial charge in [-0.15, -0.1) is 0 Å². The highest BCUT2D eigenvalue weighted by Gasteiger charge is 2.09. The van der Waals surface area contributed by atoms with E-state index in [1.165, 1.54) is 11.6 Å². The van der Waals surface area contributed by atoms with E-state index in [4.69, 9.17) is 14.6 Å². The lowest BCUT2D eigenvalue weighted by Crippen LogP contribution is -2.11. The van der Waals surface area contributed by atoms with Crippen molar-refractivity contribution in [2.45, 2.75) is 19.8 Å². The molecule has 22 heavy (non-hydrogen) atoms. The smallest absolute Gasteiger partial charge is 0.339 e. The molecular weight excluding hydrogens is 280 g/mol. The molecule has 0 atom stereocenters. The normalized spacial score (nSPS) is 10.2. The van der Waals surface area contributed by atoms with E-state index >= 15 is 0 Å². The highest BCUT2D eigenvalue weighted by Crippen LogP contribution is 2.18. The number of rotatable bonds is 8. The molecule has 0 aliphatic carbocycles. The standard InChI is InChI=1S/C18H20O4/c1-2-5-14-8-10-15(11-9-14)21-12-13-22-17-7-4-3-6-16(17)18(19)20/h3-4,6-11H,2,5,12-13H2,1H3,(H,19,20). The van der Waals surface area contributed by atoms with Crippen LogP contribution in [0.15, 0.2) is 48.5 Å². The van der Waals surface area contributed by atoms with Crippen LogP contribution < -0.4 is 9.47 Å². The average Bonchev–Trinajstić information content (AvgIpc) is 2.53. The van der Waals surface area contributed by atoms with Gasteiger partial charge in [0.2, 0.25) is 0 Å². The van der Waals surface area contributed by atoms with E-state index in [-0.39, 0.29) is 5.56 Å². The number of aromatic carboxylic acids is 1. The van der Waals surface area contributed by atoms with Crippen LogP contribution in [0.25, 0.3) is 0 Å². The van der Waals surface area contributed by atoms with Crippen molar-refractivity contribution in [2.75, 3.05) is 13.2 Å². The Kier molecular flexibility index (Phi) is 5.83. The summed E-state index contributed by atoms with van der Waals surface area (Å²) in [5.74, 6) is 0.148. The number of carboxylic acid groups (broad SMARTS) is 1. The Hall–Kier alpha value is -2.49. The van der Waals surface area contributed by atoms with Crippen LogP contribution in [0.5, 0.6) is 11.5 Å². The van der Waals surface area contributed by atoms with Crippen molar-refractivity contribution in [1.29, 1.82) is 0 Å². The Bertz CT molecular complexity index is 605. The van der Waals surface area contributed by atoms with Gasteiger partial charge in [-0.2, -0.15) is 0 Å². The molecule has 0 aliphatic heterocycles. The maximum atomic E-state index is 11.0. The molecule has 2 rings (SSSR count). The summed E-state index contributed by atoms with van der Waals surface area (Å²) in [7, 11) is 0. The van der Waals surface area contributed by atoms with E-state index < -0.39 is 5.97 Å². The van der Waals surface area contributed by atoms with Gasteiger partial charge in [0.25, 0.3) is 0 Å². The monoisotopic (exact) mass is 300 g/mol. The number of hydrogen-bond donors (Lipinski definition) is 1. The summed E-state index contributed by atoms with van der Waals surface area (Å²) >= 11 is 0. The maximum absolute atomic E-state index is 11.0. The molecule has 0 spiro atoms. The Morgan fingerprint density at radius 3 is 2.36 bits per heavy atom. The minimum atomic E-state index is -0.997. The van der Waals surface area contributed by atoms with Crippen LogP contribution in [0.3, 0.4) is 0 Å². The fraction of sp³-hybridized carbons (Fsp3) is 0.278. The Balaban J connectivity index is 1.81. The van der Waals surface area contributed by atoms with Crippen molar-refractivity contribution in [3.8, 4) is 11.5 Å². The van der Waals surface area contributed by atoms with Crippen LogP contribution in [0.4, 0.5) is 0 Å². The number of para-hydroxylation sites is 1. The van der Waals surface area contributed by atoms with Crippen molar-refractivity contribution in [1.82, 2.24) is 0 Å². The summed E-state index contributed by atoms with van der Waals surface area (Å²) in [5, 5.41) is 9.06. The minimum absolute atomic E-state index is 0.159. The van der Waals surface area contributed by atoms with Gasteiger partial charge in [-0.25, -0.2) is 4.79 Å². The van der Waals surface area contributed by atoms with Crippen molar-refractivity contribution in [2.24, 2.45) is 0 Å². The first kappa shape index (κ1) is 15.9. The predicted octanol–water partition coefficient (Wildman–Crippen LogP) is 3.80. The van der Waals surface area contributed by atoms with Crippen LogP contribution >= 0.6 is 0 Å². The molecule has 0 fully saturated rings. The van der Waals surface area contributed by atoms with Crippen molar-refractivity contribution in [3.63, 3.8) is 0 Å². The van der Waals surface area contributed by atoms with Gasteiger partial charge in [-0.3, -0.25) is 0 Å². The van der Waals surface area contributed by atoms with Crippen molar-refractivity contribution < 1.29 is 19.4 Å². The fourth-order valence-corrected chi connectivity index (χ4v) is 2.12. The maximum Gasteiger partial charge on any atom is 0.339 e. The SMILES string of the molecule is CCCc1ccc(OCCOc2ccccc2C(=O)O)cc1. The predicted molar refractivity (Wildman–Crippen MR) is 84.8 cm³/mol. The van der Waals surface area contributed by atoms with Crippen LogP contribution in [0.1, 0.15) is 29.3 Å². The molecule has 0 heterocycles. The summed E-state index contributed by atoms with van der Waals surface area (Å²) in [6, 6.07) is 14.6. The molecule has 0 bridgehead atoms. The summed E-state index contributed by atoms with van der Waals surface area (Å²) < 4.78 is 11.1. The van der Waals surface area contributed by atoms with Gasteiger partial charge in [0.05, 0.1) is 0 Å². The van der Waals surface area contributed by atoms with E-state index in [1.54, 1.807) is 18.2 Å². The Morgan fingerprint density at radius 1 is 1.00 bits per heavy atom. The van der Waals surface area contributed by atoms with Crippen molar-refractivity contribution in [3.05, 3.63) is 59.7 Å². The highest BCUT2D eigenvalue weighted by molar-refractivity contribution is 5.90. The number of ether oxygens (including phenoxy) is 2. The number of carbonyl (C=O) groups is 1. The third-order valence-electron chi connectivity index (χ3n) is 3.19. The second kappa shape index (κ2) is 8.08. The van der Waals surface area contributed by atoms with Crippen LogP contribution in [0.2, 0.25) is 0 Å². The molecule has 0 radical (unpaired) electrons. The zero-order valence-electron chi connectivity index (χ0n) is 12.6. The zero-order valence-corrected chi connectivity index (χ0v) is 12.6. The lowest BCUT2D eigenvalue weighted by Gasteiger charge is -2.10. The van der Waals surface area contributed by atoms with Gasteiger partial charge in [0.1, 0.15) is 30.3 Å².